The lowest BCUT2D eigenvalue weighted by atomic mass is 10.1. The van der Waals surface area contributed by atoms with E-state index in [1.165, 1.54) is 27.4 Å². The molecule has 6 heteroatoms. The molecule has 0 saturated heterocycles. The van der Waals surface area contributed by atoms with Crippen molar-refractivity contribution in [2.24, 2.45) is 0 Å². The van der Waals surface area contributed by atoms with Crippen LogP contribution in [0.15, 0.2) is 67.0 Å². The van der Waals surface area contributed by atoms with Crippen molar-refractivity contribution < 1.29 is 30.7 Å². The summed E-state index contributed by atoms with van der Waals surface area (Å²) in [6.07, 6.45) is 7.24. The van der Waals surface area contributed by atoms with E-state index in [1.807, 2.05) is 30.3 Å². The van der Waals surface area contributed by atoms with Crippen LogP contribution in [0.3, 0.4) is 0 Å². The van der Waals surface area contributed by atoms with Gasteiger partial charge in [0.15, 0.2) is 18.9 Å². The van der Waals surface area contributed by atoms with Gasteiger partial charge in [0.05, 0.1) is 22.3 Å². The van der Waals surface area contributed by atoms with Gasteiger partial charge >= 0.3 is 0 Å². The number of ether oxygens (including phenoxy) is 1. The van der Waals surface area contributed by atoms with Gasteiger partial charge in [-0.2, -0.15) is 0 Å². The molecule has 0 spiro atoms. The standard InChI is InChI=1S/C23H22FN2OS.BrH/c1-27-20-9-10-21-22(15-20)28-23(25-21)4-2-3-17-11-13-26(14-12-17)16-18-5-7-19(24)8-6-18;/h5-15H,2-4,16H2,1H3;1H/q+1;/p-1. The average molecular weight is 473 g/mol. The molecular weight excluding hydrogens is 451 g/mol. The number of nitrogens with zero attached hydrogens (tertiary/aromatic N) is 2. The lowest BCUT2D eigenvalue weighted by Crippen LogP contribution is -3.00. The largest absolute Gasteiger partial charge is 1.00 e. The normalized spacial score (nSPS) is 10.7. The van der Waals surface area contributed by atoms with E-state index in [2.05, 4.69) is 29.1 Å². The number of hydrogen-bond acceptors (Lipinski definition) is 3. The van der Waals surface area contributed by atoms with E-state index in [0.717, 1.165) is 42.6 Å². The quantitative estimate of drug-likeness (QED) is 0.384. The van der Waals surface area contributed by atoms with Crippen LogP contribution in [0.5, 0.6) is 5.75 Å². The second kappa shape index (κ2) is 9.94. The second-order valence-corrected chi connectivity index (χ2v) is 7.92. The van der Waals surface area contributed by atoms with Gasteiger partial charge in [-0.3, -0.25) is 0 Å². The first-order valence-electron chi connectivity index (χ1n) is 9.35. The summed E-state index contributed by atoms with van der Waals surface area (Å²) in [4.78, 5) is 4.72. The Kier molecular flexibility index (Phi) is 7.34. The number of aromatic nitrogens is 2. The zero-order valence-electron chi connectivity index (χ0n) is 16.1. The lowest BCUT2D eigenvalue weighted by Gasteiger charge is -2.01. The molecule has 4 rings (SSSR count). The Morgan fingerprint density at radius 1 is 0.966 bits per heavy atom. The van der Waals surface area contributed by atoms with Crippen molar-refractivity contribution in [2.75, 3.05) is 7.11 Å². The van der Waals surface area contributed by atoms with Gasteiger partial charge in [0.25, 0.3) is 0 Å². The first-order chi connectivity index (χ1) is 13.7. The highest BCUT2D eigenvalue weighted by molar-refractivity contribution is 7.18. The van der Waals surface area contributed by atoms with Crippen molar-refractivity contribution in [3.63, 3.8) is 0 Å². The smallest absolute Gasteiger partial charge is 0.173 e. The fraction of sp³-hybridized carbons (Fsp3) is 0.217. The van der Waals surface area contributed by atoms with E-state index in [0.29, 0.717) is 0 Å². The van der Waals surface area contributed by atoms with Gasteiger partial charge in [-0.15, -0.1) is 11.3 Å². The molecule has 0 aliphatic heterocycles. The number of benzene rings is 2. The number of halogens is 2. The van der Waals surface area contributed by atoms with Crippen molar-refractivity contribution in [1.29, 1.82) is 0 Å². The maximum atomic E-state index is 13.0. The molecule has 0 bridgehead atoms. The number of thiazole rings is 1. The SMILES string of the molecule is COc1ccc2nc(CCCc3cc[n+](Cc4ccc(F)cc4)cc3)sc2c1.[Br-]. The Morgan fingerprint density at radius 2 is 1.72 bits per heavy atom. The molecule has 29 heavy (non-hydrogen) atoms. The zero-order chi connectivity index (χ0) is 19.3. The highest BCUT2D eigenvalue weighted by Crippen LogP contribution is 2.27. The maximum Gasteiger partial charge on any atom is 0.173 e. The highest BCUT2D eigenvalue weighted by atomic mass is 79.9. The summed E-state index contributed by atoms with van der Waals surface area (Å²) in [6.45, 7) is 0.746. The predicted molar refractivity (Wildman–Crippen MR) is 110 cm³/mol. The number of aryl methyl sites for hydroxylation is 2. The maximum absolute atomic E-state index is 13.0. The fourth-order valence-corrected chi connectivity index (χ4v) is 4.23. The molecule has 0 aliphatic carbocycles. The van der Waals surface area contributed by atoms with E-state index in [1.54, 1.807) is 18.4 Å². The minimum atomic E-state index is -0.198. The highest BCUT2D eigenvalue weighted by Gasteiger charge is 2.07. The molecule has 0 saturated carbocycles. The molecule has 0 atom stereocenters. The van der Waals surface area contributed by atoms with Gasteiger partial charge in [-0.05, 0) is 67.3 Å². The molecule has 2 aromatic carbocycles. The van der Waals surface area contributed by atoms with Gasteiger partial charge in [0.1, 0.15) is 11.6 Å². The minimum absolute atomic E-state index is 0. The fourth-order valence-electron chi connectivity index (χ4n) is 3.19. The van der Waals surface area contributed by atoms with Crippen LogP contribution in [-0.2, 0) is 19.4 Å². The second-order valence-electron chi connectivity index (χ2n) is 6.80. The van der Waals surface area contributed by atoms with Gasteiger partial charge in [-0.25, -0.2) is 13.9 Å². The van der Waals surface area contributed by atoms with Crippen LogP contribution < -0.4 is 26.3 Å². The first-order valence-corrected chi connectivity index (χ1v) is 10.2. The Labute approximate surface area is 184 Å². The number of fused-ring (bicyclic) bond motifs is 1. The van der Waals surface area contributed by atoms with Crippen LogP contribution in [0.4, 0.5) is 4.39 Å². The van der Waals surface area contributed by atoms with Crippen molar-refractivity contribution in [1.82, 2.24) is 4.98 Å². The van der Waals surface area contributed by atoms with Crippen LogP contribution >= 0.6 is 11.3 Å². The summed E-state index contributed by atoms with van der Waals surface area (Å²) in [5.74, 6) is 0.678. The number of pyridine rings is 1. The van der Waals surface area contributed by atoms with E-state index >= 15 is 0 Å². The van der Waals surface area contributed by atoms with Gasteiger partial charge < -0.3 is 21.7 Å². The van der Waals surface area contributed by atoms with Crippen molar-refractivity contribution >= 4 is 21.6 Å². The first kappa shape index (κ1) is 21.4. The van der Waals surface area contributed by atoms with E-state index in [-0.39, 0.29) is 22.8 Å². The van der Waals surface area contributed by atoms with E-state index in [9.17, 15) is 4.39 Å². The van der Waals surface area contributed by atoms with Crippen LogP contribution in [-0.4, -0.2) is 12.1 Å². The third kappa shape index (κ3) is 5.61. The summed E-state index contributed by atoms with van der Waals surface area (Å²) < 4.78 is 21.6. The Morgan fingerprint density at radius 3 is 2.45 bits per heavy atom. The molecule has 2 aromatic heterocycles. The summed E-state index contributed by atoms with van der Waals surface area (Å²) in [6, 6.07) is 17.0. The summed E-state index contributed by atoms with van der Waals surface area (Å²) in [5.41, 5.74) is 3.45. The van der Waals surface area contributed by atoms with E-state index in [4.69, 9.17) is 9.72 Å². The molecule has 3 nitrogen and oxygen atoms in total. The van der Waals surface area contributed by atoms with Gasteiger partial charge in [-0.1, -0.05) is 0 Å². The lowest BCUT2D eigenvalue weighted by molar-refractivity contribution is -0.688. The molecular formula is C23H22BrFN2OS. The minimum Gasteiger partial charge on any atom is -1.00 e. The summed E-state index contributed by atoms with van der Waals surface area (Å²) in [5, 5.41) is 1.17. The summed E-state index contributed by atoms with van der Waals surface area (Å²) >= 11 is 1.74. The van der Waals surface area contributed by atoms with Crippen molar-refractivity contribution in [3.8, 4) is 5.75 Å². The summed E-state index contributed by atoms with van der Waals surface area (Å²) in [7, 11) is 1.69. The Hall–Kier alpha value is -2.31. The van der Waals surface area contributed by atoms with Crippen LogP contribution in [0.25, 0.3) is 10.2 Å². The molecule has 0 radical (unpaired) electrons. The Bertz CT molecular complexity index is 1060. The van der Waals surface area contributed by atoms with Crippen molar-refractivity contribution in [3.05, 3.63) is 88.9 Å². The molecule has 0 amide bonds. The number of methoxy groups -OCH3 is 1. The van der Waals surface area contributed by atoms with Crippen LogP contribution in [0.2, 0.25) is 0 Å². The zero-order valence-corrected chi connectivity index (χ0v) is 18.5. The molecule has 0 fully saturated rings. The van der Waals surface area contributed by atoms with Crippen molar-refractivity contribution in [2.45, 2.75) is 25.8 Å². The van der Waals surface area contributed by atoms with Crippen LogP contribution in [0.1, 0.15) is 22.6 Å². The third-order valence-electron chi connectivity index (χ3n) is 4.73. The topological polar surface area (TPSA) is 26.0 Å². The van der Waals surface area contributed by atoms with Crippen LogP contribution in [0, 0.1) is 5.82 Å². The van der Waals surface area contributed by atoms with Gasteiger partial charge in [0, 0.05) is 17.7 Å². The third-order valence-corrected chi connectivity index (χ3v) is 5.81. The van der Waals surface area contributed by atoms with Gasteiger partial charge in [0.2, 0.25) is 0 Å². The molecule has 4 aromatic rings. The molecule has 0 aliphatic rings. The average Bonchev–Trinajstić information content (AvgIpc) is 3.13. The number of hydrogen-bond donors (Lipinski definition) is 0. The molecule has 0 unspecified atom stereocenters. The monoisotopic (exact) mass is 472 g/mol. The number of rotatable bonds is 7. The Balaban J connectivity index is 0.00000240. The molecule has 2 heterocycles. The predicted octanol–water partition coefficient (Wildman–Crippen LogP) is 1.96. The molecule has 150 valence electrons. The molecule has 0 N–H and O–H groups in total. The van der Waals surface area contributed by atoms with E-state index < -0.39 is 0 Å².